The number of amides is 2. The summed E-state index contributed by atoms with van der Waals surface area (Å²) in [6.45, 7) is 4.44. The van der Waals surface area contributed by atoms with Crippen LogP contribution < -0.4 is 19.7 Å². The van der Waals surface area contributed by atoms with Crippen LogP contribution in [0.25, 0.3) is 0 Å². The van der Waals surface area contributed by atoms with Gasteiger partial charge >= 0.3 is 0 Å². The molecule has 0 radical (unpaired) electrons. The maximum absolute atomic E-state index is 13.8. The van der Waals surface area contributed by atoms with E-state index in [1.807, 2.05) is 30.3 Å². The van der Waals surface area contributed by atoms with Crippen LogP contribution in [0.1, 0.15) is 29.8 Å². The Kier molecular flexibility index (Phi) is 8.88. The molecule has 0 spiro atoms. The van der Waals surface area contributed by atoms with Crippen LogP contribution in [-0.4, -0.2) is 63.9 Å². The van der Waals surface area contributed by atoms with Gasteiger partial charge in [0.25, 0.3) is 11.8 Å². The summed E-state index contributed by atoms with van der Waals surface area (Å²) < 4.78 is 39.2. The smallest absolute Gasteiger partial charge is 0.262 e. The maximum Gasteiger partial charge on any atom is 0.262 e. The van der Waals surface area contributed by atoms with Crippen molar-refractivity contribution in [2.24, 2.45) is 0 Å². The molecule has 9 nitrogen and oxygen atoms in total. The summed E-state index contributed by atoms with van der Waals surface area (Å²) in [7, 11) is -2.51. The molecule has 1 aliphatic rings. The second kappa shape index (κ2) is 12.3. The number of carbonyl (C=O) groups excluding carboxylic acids is 2. The van der Waals surface area contributed by atoms with Crippen molar-refractivity contribution in [3.63, 3.8) is 0 Å². The van der Waals surface area contributed by atoms with Crippen molar-refractivity contribution in [1.29, 1.82) is 0 Å². The van der Waals surface area contributed by atoms with E-state index in [4.69, 9.17) is 9.47 Å². The second-order valence-electron chi connectivity index (χ2n) is 8.97. The number of hydrogen-bond acceptors (Lipinski definition) is 6. The second-order valence-corrected chi connectivity index (χ2v) is 10.9. The number of rotatable bonds is 10. The zero-order chi connectivity index (χ0) is 28.0. The van der Waals surface area contributed by atoms with Crippen molar-refractivity contribution in [2.45, 2.75) is 31.3 Å². The molecular formula is C29H33N3O6S. The molecule has 0 aliphatic carbocycles. The molecular weight excluding hydrogens is 518 g/mol. The van der Waals surface area contributed by atoms with Crippen molar-refractivity contribution in [2.75, 3.05) is 38.2 Å². The summed E-state index contributed by atoms with van der Waals surface area (Å²) in [6.07, 6.45) is -0.273. The first-order chi connectivity index (χ1) is 18.8. The quantitative estimate of drug-likeness (QED) is 0.414. The average molecular weight is 552 g/mol. The highest BCUT2D eigenvalue weighted by atomic mass is 32.2. The van der Waals surface area contributed by atoms with Gasteiger partial charge in [-0.15, -0.1) is 0 Å². The number of sulfonamides is 1. The van der Waals surface area contributed by atoms with E-state index < -0.39 is 22.0 Å². The molecule has 2 amide bonds. The number of ether oxygens (including phenoxy) is 2. The third-order valence-corrected chi connectivity index (χ3v) is 8.67. The van der Waals surface area contributed by atoms with Crippen molar-refractivity contribution in [3.05, 3.63) is 83.9 Å². The normalized spacial score (nSPS) is 14.9. The molecule has 1 atom stereocenters. The number of hydrogen-bond donors (Lipinski definition) is 1. The summed E-state index contributed by atoms with van der Waals surface area (Å²) in [5, 5.41) is 2.90. The van der Waals surface area contributed by atoms with Gasteiger partial charge in [-0.25, -0.2) is 8.42 Å². The van der Waals surface area contributed by atoms with Gasteiger partial charge < -0.3 is 19.7 Å². The standard InChI is InChI=1S/C29H33N3O6S/c1-4-31(5-2)39(35,36)27-19-22(15-16-25(27)37-3)29(34)32-20-26(38-24-14-10-9-13-23(24)32)28(33)30-18-17-21-11-7-6-8-12-21/h6-16,19,26H,4-5,17-18,20H2,1-3H3,(H,30,33). The van der Waals surface area contributed by atoms with E-state index >= 15 is 0 Å². The number of benzene rings is 3. The van der Waals surface area contributed by atoms with Crippen LogP contribution in [0.5, 0.6) is 11.5 Å². The number of nitrogens with zero attached hydrogens (tertiary/aromatic N) is 2. The molecule has 1 N–H and O–H groups in total. The van der Waals surface area contributed by atoms with E-state index in [0.29, 0.717) is 24.4 Å². The molecule has 1 unspecified atom stereocenters. The van der Waals surface area contributed by atoms with Crippen molar-refractivity contribution in [3.8, 4) is 11.5 Å². The van der Waals surface area contributed by atoms with Gasteiger partial charge in [0.05, 0.1) is 19.3 Å². The zero-order valence-corrected chi connectivity index (χ0v) is 23.1. The molecule has 3 aromatic carbocycles. The number of nitrogens with one attached hydrogen (secondary N) is 1. The minimum atomic E-state index is -3.90. The Labute approximate surface area is 229 Å². The van der Waals surface area contributed by atoms with Crippen LogP contribution in [0.2, 0.25) is 0 Å². The maximum atomic E-state index is 13.8. The molecule has 10 heteroatoms. The molecule has 0 fully saturated rings. The fourth-order valence-corrected chi connectivity index (χ4v) is 6.16. The Balaban J connectivity index is 1.60. The number of carbonyl (C=O) groups is 2. The van der Waals surface area contributed by atoms with E-state index in [2.05, 4.69) is 5.32 Å². The molecule has 0 saturated carbocycles. The van der Waals surface area contributed by atoms with Crippen LogP contribution in [0.4, 0.5) is 5.69 Å². The largest absolute Gasteiger partial charge is 0.495 e. The van der Waals surface area contributed by atoms with E-state index in [1.165, 1.54) is 34.5 Å². The van der Waals surface area contributed by atoms with Crippen molar-refractivity contribution >= 4 is 27.5 Å². The highest BCUT2D eigenvalue weighted by Crippen LogP contribution is 2.35. The zero-order valence-electron chi connectivity index (χ0n) is 22.3. The summed E-state index contributed by atoms with van der Waals surface area (Å²) in [5.41, 5.74) is 1.75. The van der Waals surface area contributed by atoms with Gasteiger partial charge in [-0.05, 0) is 42.3 Å². The first kappa shape index (κ1) is 28.1. The third kappa shape index (κ3) is 6.07. The van der Waals surface area contributed by atoms with Gasteiger partial charge in [-0.1, -0.05) is 56.3 Å². The summed E-state index contributed by atoms with van der Waals surface area (Å²) in [5.74, 6) is -0.245. The first-order valence-electron chi connectivity index (χ1n) is 12.9. The third-order valence-electron chi connectivity index (χ3n) is 6.60. The fourth-order valence-electron chi connectivity index (χ4n) is 4.52. The molecule has 0 saturated heterocycles. The average Bonchev–Trinajstić information content (AvgIpc) is 2.96. The van der Waals surface area contributed by atoms with E-state index in [1.54, 1.807) is 38.1 Å². The molecule has 206 valence electrons. The van der Waals surface area contributed by atoms with Gasteiger partial charge in [0, 0.05) is 25.2 Å². The first-order valence-corrected chi connectivity index (χ1v) is 14.3. The highest BCUT2D eigenvalue weighted by molar-refractivity contribution is 7.89. The lowest BCUT2D eigenvalue weighted by atomic mass is 10.1. The van der Waals surface area contributed by atoms with Crippen LogP contribution in [0, 0.1) is 0 Å². The minimum Gasteiger partial charge on any atom is -0.495 e. The molecule has 0 bridgehead atoms. The fraction of sp³-hybridized carbons (Fsp3) is 0.310. The molecule has 1 heterocycles. The number of fused-ring (bicyclic) bond motifs is 1. The van der Waals surface area contributed by atoms with Crippen LogP contribution in [0.3, 0.4) is 0 Å². The van der Waals surface area contributed by atoms with Gasteiger partial charge in [0.1, 0.15) is 16.4 Å². The monoisotopic (exact) mass is 551 g/mol. The van der Waals surface area contributed by atoms with Crippen LogP contribution in [0.15, 0.2) is 77.7 Å². The Morgan fingerprint density at radius 3 is 2.41 bits per heavy atom. The topological polar surface area (TPSA) is 105 Å². The van der Waals surface area contributed by atoms with E-state index in [-0.39, 0.29) is 41.7 Å². The lowest BCUT2D eigenvalue weighted by Crippen LogP contribution is -2.51. The van der Waals surface area contributed by atoms with Crippen molar-refractivity contribution < 1.29 is 27.5 Å². The Hall–Kier alpha value is -3.89. The molecule has 4 rings (SSSR count). The summed E-state index contributed by atoms with van der Waals surface area (Å²) in [4.78, 5) is 28.2. The number of para-hydroxylation sites is 2. The van der Waals surface area contributed by atoms with Crippen LogP contribution >= 0.6 is 0 Å². The molecule has 1 aliphatic heterocycles. The number of anilines is 1. The van der Waals surface area contributed by atoms with Gasteiger partial charge in [0.2, 0.25) is 10.0 Å². The molecule has 39 heavy (non-hydrogen) atoms. The van der Waals surface area contributed by atoms with Gasteiger partial charge in [-0.2, -0.15) is 4.31 Å². The van der Waals surface area contributed by atoms with E-state index in [9.17, 15) is 18.0 Å². The van der Waals surface area contributed by atoms with Crippen molar-refractivity contribution in [1.82, 2.24) is 9.62 Å². The highest BCUT2D eigenvalue weighted by Gasteiger charge is 2.35. The Morgan fingerprint density at radius 2 is 1.72 bits per heavy atom. The SMILES string of the molecule is CCN(CC)S(=O)(=O)c1cc(C(=O)N2CC(C(=O)NCCc3ccccc3)Oc3ccccc32)ccc1OC. The summed E-state index contributed by atoms with van der Waals surface area (Å²) >= 11 is 0. The van der Waals surface area contributed by atoms with Gasteiger partial charge in [-0.3, -0.25) is 9.59 Å². The summed E-state index contributed by atoms with van der Waals surface area (Å²) in [6, 6.07) is 21.1. The predicted octanol–water partition coefficient (Wildman–Crippen LogP) is 3.49. The van der Waals surface area contributed by atoms with Gasteiger partial charge in [0.15, 0.2) is 6.10 Å². The van der Waals surface area contributed by atoms with Crippen LogP contribution in [-0.2, 0) is 21.2 Å². The Bertz CT molecular complexity index is 1420. The van der Waals surface area contributed by atoms with E-state index in [0.717, 1.165) is 5.56 Å². The Morgan fingerprint density at radius 1 is 1.03 bits per heavy atom. The molecule has 0 aromatic heterocycles. The molecule has 3 aromatic rings. The lowest BCUT2D eigenvalue weighted by Gasteiger charge is -2.34. The minimum absolute atomic E-state index is 0.0306. The number of methoxy groups -OCH3 is 1. The predicted molar refractivity (Wildman–Crippen MR) is 149 cm³/mol. The lowest BCUT2D eigenvalue weighted by molar-refractivity contribution is -0.127.